The number of benzene rings is 1. The van der Waals surface area contributed by atoms with Crippen molar-refractivity contribution in [2.24, 2.45) is 18.7 Å². The molecule has 0 aliphatic heterocycles. The summed E-state index contributed by atoms with van der Waals surface area (Å²) in [4.78, 5) is 4.79. The highest BCUT2D eigenvalue weighted by atomic mass is 15.1. The Balaban J connectivity index is 2.43. The Bertz CT molecular complexity index is 550. The van der Waals surface area contributed by atoms with Crippen LogP contribution in [0.5, 0.6) is 0 Å². The molecule has 0 aliphatic carbocycles. The standard InChI is InChI=1S/C16H25N3/c1-5-12(10-17)13-6-7-15-14(9-13)18-16(19(15)4)8-11(2)3/h6-7,9,11-12H,5,8,10,17H2,1-4H3. The summed E-state index contributed by atoms with van der Waals surface area (Å²) < 4.78 is 2.21. The Kier molecular flexibility index (Phi) is 4.25. The van der Waals surface area contributed by atoms with Crippen LogP contribution in [0.1, 0.15) is 44.5 Å². The van der Waals surface area contributed by atoms with Crippen molar-refractivity contribution in [3.8, 4) is 0 Å². The largest absolute Gasteiger partial charge is 0.331 e. The Morgan fingerprint density at radius 3 is 2.63 bits per heavy atom. The van der Waals surface area contributed by atoms with Crippen LogP contribution >= 0.6 is 0 Å². The molecule has 3 nitrogen and oxygen atoms in total. The molecule has 0 radical (unpaired) electrons. The highest BCUT2D eigenvalue weighted by molar-refractivity contribution is 5.77. The van der Waals surface area contributed by atoms with Crippen LogP contribution in [-0.2, 0) is 13.5 Å². The number of rotatable bonds is 5. The van der Waals surface area contributed by atoms with E-state index in [1.807, 2.05) is 0 Å². The maximum absolute atomic E-state index is 5.83. The third-order valence-corrected chi connectivity index (χ3v) is 3.84. The summed E-state index contributed by atoms with van der Waals surface area (Å²) >= 11 is 0. The van der Waals surface area contributed by atoms with Crippen LogP contribution < -0.4 is 5.73 Å². The second kappa shape index (κ2) is 5.74. The number of fused-ring (bicyclic) bond motifs is 1. The predicted octanol–water partition coefficient (Wildman–Crippen LogP) is 3.22. The summed E-state index contributed by atoms with van der Waals surface area (Å²) in [6.07, 6.45) is 2.10. The molecule has 1 heterocycles. The van der Waals surface area contributed by atoms with Crippen molar-refractivity contribution in [3.05, 3.63) is 29.6 Å². The summed E-state index contributed by atoms with van der Waals surface area (Å²) in [5, 5.41) is 0. The van der Waals surface area contributed by atoms with E-state index in [1.165, 1.54) is 16.9 Å². The van der Waals surface area contributed by atoms with Crippen LogP contribution in [-0.4, -0.2) is 16.1 Å². The highest BCUT2D eigenvalue weighted by Crippen LogP contribution is 2.24. The van der Waals surface area contributed by atoms with Crippen LogP contribution in [0.4, 0.5) is 0 Å². The Hall–Kier alpha value is -1.35. The van der Waals surface area contributed by atoms with Crippen LogP contribution in [0.15, 0.2) is 18.2 Å². The minimum absolute atomic E-state index is 0.444. The van der Waals surface area contributed by atoms with Crippen LogP contribution in [0.2, 0.25) is 0 Å². The lowest BCUT2D eigenvalue weighted by molar-refractivity contribution is 0.606. The van der Waals surface area contributed by atoms with Crippen LogP contribution in [0.25, 0.3) is 11.0 Å². The molecule has 1 unspecified atom stereocenters. The van der Waals surface area contributed by atoms with Crippen LogP contribution in [0, 0.1) is 5.92 Å². The van der Waals surface area contributed by atoms with E-state index in [9.17, 15) is 0 Å². The average Bonchev–Trinajstić information content (AvgIpc) is 2.67. The third kappa shape index (κ3) is 2.81. The molecule has 0 aliphatic rings. The molecular weight excluding hydrogens is 234 g/mol. The lowest BCUT2D eigenvalue weighted by Gasteiger charge is -2.12. The van der Waals surface area contributed by atoms with E-state index in [1.54, 1.807) is 0 Å². The molecule has 3 heteroatoms. The zero-order chi connectivity index (χ0) is 14.0. The van der Waals surface area contributed by atoms with Gasteiger partial charge in [-0.1, -0.05) is 26.8 Å². The number of hydrogen-bond acceptors (Lipinski definition) is 2. The van der Waals surface area contributed by atoms with Gasteiger partial charge in [0.2, 0.25) is 0 Å². The monoisotopic (exact) mass is 259 g/mol. The van der Waals surface area contributed by atoms with Gasteiger partial charge in [0.05, 0.1) is 11.0 Å². The van der Waals surface area contributed by atoms with Gasteiger partial charge in [0.25, 0.3) is 0 Å². The molecule has 19 heavy (non-hydrogen) atoms. The van der Waals surface area contributed by atoms with Gasteiger partial charge in [0.1, 0.15) is 5.82 Å². The lowest BCUT2D eigenvalue weighted by Crippen LogP contribution is -2.11. The molecule has 1 atom stereocenters. The molecule has 0 amide bonds. The van der Waals surface area contributed by atoms with E-state index in [0.29, 0.717) is 18.4 Å². The zero-order valence-corrected chi connectivity index (χ0v) is 12.5. The van der Waals surface area contributed by atoms with Gasteiger partial charge in [-0.15, -0.1) is 0 Å². The van der Waals surface area contributed by atoms with Gasteiger partial charge in [-0.25, -0.2) is 4.98 Å². The lowest BCUT2D eigenvalue weighted by atomic mass is 9.96. The highest BCUT2D eigenvalue weighted by Gasteiger charge is 2.12. The normalized spacial score (nSPS) is 13.4. The summed E-state index contributed by atoms with van der Waals surface area (Å²) in [6, 6.07) is 6.59. The van der Waals surface area contributed by atoms with Gasteiger partial charge in [-0.2, -0.15) is 0 Å². The summed E-state index contributed by atoms with van der Waals surface area (Å²) in [6.45, 7) is 7.34. The molecule has 2 N–H and O–H groups in total. The number of nitrogens with zero attached hydrogens (tertiary/aromatic N) is 2. The Morgan fingerprint density at radius 2 is 2.05 bits per heavy atom. The Morgan fingerprint density at radius 1 is 1.32 bits per heavy atom. The van der Waals surface area contributed by atoms with Gasteiger partial charge in [-0.3, -0.25) is 0 Å². The van der Waals surface area contributed by atoms with Crippen molar-refractivity contribution in [2.75, 3.05) is 6.54 Å². The molecule has 1 aromatic heterocycles. The van der Waals surface area contributed by atoms with Crippen molar-refractivity contribution in [2.45, 2.75) is 39.5 Å². The summed E-state index contributed by atoms with van der Waals surface area (Å²) in [5.41, 5.74) is 9.46. The predicted molar refractivity (Wildman–Crippen MR) is 81.3 cm³/mol. The first-order chi connectivity index (χ1) is 9.06. The zero-order valence-electron chi connectivity index (χ0n) is 12.5. The molecule has 0 saturated heterocycles. The van der Waals surface area contributed by atoms with E-state index >= 15 is 0 Å². The van der Waals surface area contributed by atoms with Crippen molar-refractivity contribution in [1.29, 1.82) is 0 Å². The van der Waals surface area contributed by atoms with Crippen molar-refractivity contribution < 1.29 is 0 Å². The topological polar surface area (TPSA) is 43.8 Å². The molecule has 0 bridgehead atoms. The van der Waals surface area contributed by atoms with Crippen LogP contribution in [0.3, 0.4) is 0 Å². The number of aryl methyl sites for hydroxylation is 1. The van der Waals surface area contributed by atoms with Crippen molar-refractivity contribution >= 4 is 11.0 Å². The second-order valence-corrected chi connectivity index (χ2v) is 5.77. The fourth-order valence-electron chi connectivity index (χ4n) is 2.61. The number of aromatic nitrogens is 2. The van der Waals surface area contributed by atoms with Crippen molar-refractivity contribution in [3.63, 3.8) is 0 Å². The number of nitrogens with two attached hydrogens (primary N) is 1. The minimum atomic E-state index is 0.444. The first-order valence-electron chi connectivity index (χ1n) is 7.22. The fourth-order valence-corrected chi connectivity index (χ4v) is 2.61. The van der Waals surface area contributed by atoms with Crippen molar-refractivity contribution in [1.82, 2.24) is 9.55 Å². The van der Waals surface area contributed by atoms with E-state index in [4.69, 9.17) is 10.7 Å². The number of imidazole rings is 1. The summed E-state index contributed by atoms with van der Waals surface area (Å²) in [5.74, 6) is 2.24. The maximum atomic E-state index is 5.83. The smallest absolute Gasteiger partial charge is 0.109 e. The number of hydrogen-bond donors (Lipinski definition) is 1. The van der Waals surface area contributed by atoms with Gasteiger partial charge in [0.15, 0.2) is 0 Å². The SMILES string of the molecule is CCC(CN)c1ccc2c(c1)nc(CC(C)C)n2C. The molecule has 0 spiro atoms. The van der Waals surface area contributed by atoms with Gasteiger partial charge >= 0.3 is 0 Å². The van der Waals surface area contributed by atoms with E-state index < -0.39 is 0 Å². The van der Waals surface area contributed by atoms with Gasteiger partial charge < -0.3 is 10.3 Å². The van der Waals surface area contributed by atoms with Gasteiger partial charge in [-0.05, 0) is 42.5 Å². The molecule has 2 rings (SSSR count). The fraction of sp³-hybridized carbons (Fsp3) is 0.562. The van der Waals surface area contributed by atoms with E-state index in [2.05, 4.69) is 50.6 Å². The third-order valence-electron chi connectivity index (χ3n) is 3.84. The minimum Gasteiger partial charge on any atom is -0.331 e. The molecule has 0 saturated carbocycles. The van der Waals surface area contributed by atoms with E-state index in [0.717, 1.165) is 18.4 Å². The van der Waals surface area contributed by atoms with Gasteiger partial charge in [0, 0.05) is 13.5 Å². The summed E-state index contributed by atoms with van der Waals surface area (Å²) in [7, 11) is 2.10. The molecule has 2 aromatic rings. The second-order valence-electron chi connectivity index (χ2n) is 5.77. The quantitative estimate of drug-likeness (QED) is 0.896. The first kappa shape index (κ1) is 14.1. The molecule has 1 aromatic carbocycles. The maximum Gasteiger partial charge on any atom is 0.109 e. The van der Waals surface area contributed by atoms with E-state index in [-0.39, 0.29) is 0 Å². The average molecular weight is 259 g/mol. The first-order valence-corrected chi connectivity index (χ1v) is 7.22. The molecular formula is C16H25N3. The molecule has 104 valence electrons. The Labute approximate surface area is 115 Å². The molecule has 0 fully saturated rings.